The van der Waals surface area contributed by atoms with E-state index in [2.05, 4.69) is 10.3 Å². The number of anilines is 2. The second-order valence-electron chi connectivity index (χ2n) is 4.73. The largest absolute Gasteiger partial charge is 0.399 e. The van der Waals surface area contributed by atoms with Crippen LogP contribution in [0.5, 0.6) is 0 Å². The second-order valence-corrected chi connectivity index (χ2v) is 5.09. The van der Waals surface area contributed by atoms with E-state index in [4.69, 9.17) is 17.3 Å². The van der Waals surface area contributed by atoms with E-state index < -0.39 is 0 Å². The molecule has 0 radical (unpaired) electrons. The zero-order chi connectivity index (χ0) is 14.7. The number of nitrogens with zero attached hydrogens (tertiary/aromatic N) is 1. The number of aryl methyl sites for hydroxylation is 1. The molecular weight excluding hydrogens is 274 g/mol. The van der Waals surface area contributed by atoms with Gasteiger partial charge in [0.05, 0.1) is 11.6 Å². The molecule has 1 atom stereocenters. The number of pyridine rings is 1. The first-order valence-corrected chi connectivity index (χ1v) is 6.63. The molecule has 2 rings (SSSR count). The van der Waals surface area contributed by atoms with Crippen LogP contribution >= 0.6 is 11.6 Å². The van der Waals surface area contributed by atoms with Crippen LogP contribution in [0, 0.1) is 6.92 Å². The topological polar surface area (TPSA) is 68.0 Å². The summed E-state index contributed by atoms with van der Waals surface area (Å²) in [7, 11) is 0. The molecular formula is C15H16ClN3O. The van der Waals surface area contributed by atoms with Crippen LogP contribution < -0.4 is 11.1 Å². The number of hydrogen-bond acceptors (Lipinski definition) is 3. The number of aromatic nitrogens is 1. The first kappa shape index (κ1) is 14.3. The fourth-order valence-electron chi connectivity index (χ4n) is 1.86. The Morgan fingerprint density at radius 1 is 1.40 bits per heavy atom. The van der Waals surface area contributed by atoms with Crippen LogP contribution in [0.4, 0.5) is 11.4 Å². The summed E-state index contributed by atoms with van der Waals surface area (Å²) in [6.45, 7) is 3.71. The van der Waals surface area contributed by atoms with Gasteiger partial charge in [-0.1, -0.05) is 23.7 Å². The molecule has 0 saturated carbocycles. The lowest BCUT2D eigenvalue weighted by Crippen LogP contribution is -2.19. The summed E-state index contributed by atoms with van der Waals surface area (Å²) in [6, 6.07) is 9.07. The fourth-order valence-corrected chi connectivity index (χ4v) is 2.01. The minimum atomic E-state index is -0.324. The van der Waals surface area contributed by atoms with Gasteiger partial charge in [-0.15, -0.1) is 0 Å². The van der Waals surface area contributed by atoms with Gasteiger partial charge in [-0.25, -0.2) is 4.98 Å². The van der Waals surface area contributed by atoms with Gasteiger partial charge in [-0.3, -0.25) is 4.79 Å². The lowest BCUT2D eigenvalue weighted by Gasteiger charge is -2.14. The van der Waals surface area contributed by atoms with Crippen molar-refractivity contribution in [3.8, 4) is 0 Å². The average Bonchev–Trinajstić information content (AvgIpc) is 2.42. The molecule has 1 aromatic carbocycles. The van der Waals surface area contributed by atoms with E-state index in [0.29, 0.717) is 11.4 Å². The van der Waals surface area contributed by atoms with Crippen molar-refractivity contribution in [2.75, 3.05) is 11.1 Å². The summed E-state index contributed by atoms with van der Waals surface area (Å²) in [6.07, 6.45) is 1.65. The standard InChI is InChI=1S/C15H16ClN3O/c1-9-6-13(14(16)18-8-9)19-15(20)10(2)11-4-3-5-12(17)7-11/h3-8,10H,17H2,1-2H3,(H,19,20). The van der Waals surface area contributed by atoms with Crippen LogP contribution in [0.1, 0.15) is 24.0 Å². The molecule has 5 heteroatoms. The number of nitrogens with two attached hydrogens (primary N) is 1. The summed E-state index contributed by atoms with van der Waals surface area (Å²) >= 11 is 5.97. The first-order valence-electron chi connectivity index (χ1n) is 6.26. The van der Waals surface area contributed by atoms with Crippen LogP contribution in [0.15, 0.2) is 36.5 Å². The van der Waals surface area contributed by atoms with Gasteiger partial charge in [0.15, 0.2) is 5.15 Å². The highest BCUT2D eigenvalue weighted by atomic mass is 35.5. The van der Waals surface area contributed by atoms with Crippen molar-refractivity contribution in [3.05, 3.63) is 52.8 Å². The first-order chi connectivity index (χ1) is 9.47. The van der Waals surface area contributed by atoms with E-state index in [0.717, 1.165) is 11.1 Å². The Balaban J connectivity index is 2.17. The lowest BCUT2D eigenvalue weighted by atomic mass is 10.00. The molecule has 1 heterocycles. The quantitative estimate of drug-likeness (QED) is 0.672. The molecule has 1 aromatic heterocycles. The maximum atomic E-state index is 12.2. The molecule has 1 unspecified atom stereocenters. The van der Waals surface area contributed by atoms with Crippen LogP contribution in [-0.4, -0.2) is 10.9 Å². The highest BCUT2D eigenvalue weighted by Crippen LogP contribution is 2.23. The average molecular weight is 290 g/mol. The molecule has 0 aliphatic carbocycles. The van der Waals surface area contributed by atoms with Gasteiger partial charge < -0.3 is 11.1 Å². The van der Waals surface area contributed by atoms with E-state index >= 15 is 0 Å². The molecule has 0 aliphatic heterocycles. The Bertz CT molecular complexity index is 643. The molecule has 2 aromatic rings. The Morgan fingerprint density at radius 3 is 2.85 bits per heavy atom. The second kappa shape index (κ2) is 5.92. The third-order valence-electron chi connectivity index (χ3n) is 3.04. The van der Waals surface area contributed by atoms with Crippen molar-refractivity contribution in [3.63, 3.8) is 0 Å². The number of rotatable bonds is 3. The van der Waals surface area contributed by atoms with Crippen LogP contribution in [0.3, 0.4) is 0 Å². The molecule has 0 fully saturated rings. The zero-order valence-electron chi connectivity index (χ0n) is 11.4. The summed E-state index contributed by atoms with van der Waals surface area (Å²) in [5.41, 5.74) is 8.68. The Morgan fingerprint density at radius 2 is 2.15 bits per heavy atom. The van der Waals surface area contributed by atoms with Crippen LogP contribution in [0.25, 0.3) is 0 Å². The van der Waals surface area contributed by atoms with Gasteiger partial charge in [0, 0.05) is 11.9 Å². The maximum absolute atomic E-state index is 12.2. The highest BCUT2D eigenvalue weighted by Gasteiger charge is 2.17. The van der Waals surface area contributed by atoms with E-state index in [1.807, 2.05) is 26.0 Å². The number of benzene rings is 1. The minimum absolute atomic E-state index is 0.148. The SMILES string of the molecule is Cc1cnc(Cl)c(NC(=O)C(C)c2cccc(N)c2)c1. The summed E-state index contributed by atoms with van der Waals surface area (Å²) in [5, 5.41) is 3.08. The van der Waals surface area contributed by atoms with Crippen LogP contribution in [0.2, 0.25) is 5.15 Å². The van der Waals surface area contributed by atoms with E-state index in [9.17, 15) is 4.79 Å². The van der Waals surface area contributed by atoms with Gasteiger partial charge in [0.2, 0.25) is 5.91 Å². The van der Waals surface area contributed by atoms with Crippen molar-refractivity contribution < 1.29 is 4.79 Å². The zero-order valence-corrected chi connectivity index (χ0v) is 12.1. The smallest absolute Gasteiger partial charge is 0.231 e. The molecule has 0 saturated heterocycles. The van der Waals surface area contributed by atoms with Crippen molar-refractivity contribution in [1.29, 1.82) is 0 Å². The van der Waals surface area contributed by atoms with E-state index in [1.165, 1.54) is 0 Å². The Kier molecular flexibility index (Phi) is 4.25. The third-order valence-corrected chi connectivity index (χ3v) is 3.34. The summed E-state index contributed by atoms with van der Waals surface area (Å²) < 4.78 is 0. The highest BCUT2D eigenvalue weighted by molar-refractivity contribution is 6.32. The maximum Gasteiger partial charge on any atom is 0.231 e. The van der Waals surface area contributed by atoms with Crippen LogP contribution in [-0.2, 0) is 4.79 Å². The van der Waals surface area contributed by atoms with Gasteiger partial charge in [-0.2, -0.15) is 0 Å². The molecule has 104 valence electrons. The Labute approximate surface area is 123 Å². The van der Waals surface area contributed by atoms with Crippen molar-refractivity contribution in [2.24, 2.45) is 0 Å². The minimum Gasteiger partial charge on any atom is -0.399 e. The van der Waals surface area contributed by atoms with E-state index in [-0.39, 0.29) is 17.0 Å². The number of nitrogens with one attached hydrogen (secondary N) is 1. The third kappa shape index (κ3) is 3.27. The van der Waals surface area contributed by atoms with E-state index in [1.54, 1.807) is 24.4 Å². The number of nitrogen functional groups attached to an aromatic ring is 1. The molecule has 0 aliphatic rings. The fraction of sp³-hybridized carbons (Fsp3) is 0.200. The van der Waals surface area contributed by atoms with Gasteiger partial charge in [0.25, 0.3) is 0 Å². The summed E-state index contributed by atoms with van der Waals surface area (Å²) in [4.78, 5) is 16.3. The van der Waals surface area contributed by atoms with Crippen molar-refractivity contribution in [2.45, 2.75) is 19.8 Å². The van der Waals surface area contributed by atoms with Crippen molar-refractivity contribution >= 4 is 28.9 Å². The summed E-state index contributed by atoms with van der Waals surface area (Å²) in [5.74, 6) is -0.472. The molecule has 3 N–H and O–H groups in total. The lowest BCUT2D eigenvalue weighted by molar-refractivity contribution is -0.117. The monoisotopic (exact) mass is 289 g/mol. The number of carbonyl (C=O) groups excluding carboxylic acids is 1. The molecule has 0 spiro atoms. The van der Waals surface area contributed by atoms with Gasteiger partial charge in [0.1, 0.15) is 0 Å². The molecule has 0 bridgehead atoms. The number of halogens is 1. The van der Waals surface area contributed by atoms with Crippen molar-refractivity contribution in [1.82, 2.24) is 4.98 Å². The predicted molar refractivity (Wildman–Crippen MR) is 81.9 cm³/mol. The normalized spacial score (nSPS) is 11.9. The van der Waals surface area contributed by atoms with Gasteiger partial charge >= 0.3 is 0 Å². The molecule has 1 amide bonds. The number of amides is 1. The predicted octanol–water partition coefficient (Wildman–Crippen LogP) is 3.37. The Hall–Kier alpha value is -2.07. The van der Waals surface area contributed by atoms with Gasteiger partial charge in [-0.05, 0) is 43.2 Å². The molecule has 4 nitrogen and oxygen atoms in total. The number of hydrogen-bond donors (Lipinski definition) is 2. The molecule has 20 heavy (non-hydrogen) atoms. The number of carbonyl (C=O) groups is 1.